The Bertz CT molecular complexity index is 950. The van der Waals surface area contributed by atoms with Crippen molar-refractivity contribution < 1.29 is 9.90 Å². The van der Waals surface area contributed by atoms with Crippen molar-refractivity contribution >= 4 is 28.8 Å². The standard InChI is InChI=1S/C20H23ClN4O2S/c1-12-18(11-26)28-20(22-12)17(10-25(2)3)24-19(27)16-9-8-15(23-16)13-4-6-14(21)7-5-13/h4-9,17,23,26H,10-11H2,1-3H3,(H,24,27). The van der Waals surface area contributed by atoms with Crippen molar-refractivity contribution in [3.63, 3.8) is 0 Å². The molecule has 0 saturated heterocycles. The summed E-state index contributed by atoms with van der Waals surface area (Å²) in [6, 6.07) is 10.8. The van der Waals surface area contributed by atoms with Crippen LogP contribution in [0.15, 0.2) is 36.4 Å². The second-order valence-electron chi connectivity index (χ2n) is 6.80. The molecule has 1 aromatic carbocycles. The van der Waals surface area contributed by atoms with E-state index in [1.807, 2.05) is 56.3 Å². The lowest BCUT2D eigenvalue weighted by Crippen LogP contribution is -2.35. The fourth-order valence-electron chi connectivity index (χ4n) is 2.86. The average Bonchev–Trinajstić information content (AvgIpc) is 3.28. The quantitative estimate of drug-likeness (QED) is 0.547. The summed E-state index contributed by atoms with van der Waals surface area (Å²) >= 11 is 7.36. The molecule has 3 rings (SSSR count). The first-order valence-electron chi connectivity index (χ1n) is 8.85. The number of thiazole rings is 1. The van der Waals surface area contributed by atoms with Crippen molar-refractivity contribution in [2.45, 2.75) is 19.6 Å². The minimum absolute atomic E-state index is 0.0484. The Kier molecular flexibility index (Phi) is 6.51. The third-order valence-electron chi connectivity index (χ3n) is 4.29. The Labute approximate surface area is 173 Å². The van der Waals surface area contributed by atoms with Gasteiger partial charge in [-0.2, -0.15) is 0 Å². The third-order valence-corrected chi connectivity index (χ3v) is 5.80. The minimum atomic E-state index is -0.270. The van der Waals surface area contributed by atoms with Gasteiger partial charge in [-0.3, -0.25) is 4.79 Å². The van der Waals surface area contributed by atoms with Crippen LogP contribution in [0.3, 0.4) is 0 Å². The highest BCUT2D eigenvalue weighted by molar-refractivity contribution is 7.11. The van der Waals surface area contributed by atoms with Crippen molar-refractivity contribution in [1.29, 1.82) is 0 Å². The van der Waals surface area contributed by atoms with Crippen LogP contribution in [-0.4, -0.2) is 46.5 Å². The van der Waals surface area contributed by atoms with E-state index >= 15 is 0 Å². The number of hydrogen-bond donors (Lipinski definition) is 3. The van der Waals surface area contributed by atoms with Crippen LogP contribution in [-0.2, 0) is 6.61 Å². The van der Waals surface area contributed by atoms with E-state index in [0.29, 0.717) is 17.3 Å². The molecule has 0 fully saturated rings. The van der Waals surface area contributed by atoms with Gasteiger partial charge in [0.2, 0.25) is 0 Å². The summed E-state index contributed by atoms with van der Waals surface area (Å²) in [5, 5.41) is 13.9. The van der Waals surface area contributed by atoms with Crippen molar-refractivity contribution in [3.05, 3.63) is 62.7 Å². The number of halogens is 1. The highest BCUT2D eigenvalue weighted by Gasteiger charge is 2.22. The number of aromatic nitrogens is 2. The van der Waals surface area contributed by atoms with Crippen LogP contribution >= 0.6 is 22.9 Å². The fraction of sp³-hybridized carbons (Fsp3) is 0.300. The molecular weight excluding hydrogens is 396 g/mol. The molecule has 1 unspecified atom stereocenters. The van der Waals surface area contributed by atoms with E-state index in [1.165, 1.54) is 11.3 Å². The first-order chi connectivity index (χ1) is 13.4. The maximum Gasteiger partial charge on any atom is 0.268 e. The van der Waals surface area contributed by atoms with Crippen molar-refractivity contribution in [1.82, 2.24) is 20.2 Å². The van der Waals surface area contributed by atoms with Gasteiger partial charge in [0, 0.05) is 17.3 Å². The van der Waals surface area contributed by atoms with Gasteiger partial charge in [-0.1, -0.05) is 23.7 Å². The summed E-state index contributed by atoms with van der Waals surface area (Å²) < 4.78 is 0. The molecule has 0 aliphatic rings. The predicted octanol–water partition coefficient (Wildman–Crippen LogP) is 3.63. The molecule has 1 amide bonds. The van der Waals surface area contributed by atoms with Gasteiger partial charge in [0.25, 0.3) is 5.91 Å². The summed E-state index contributed by atoms with van der Waals surface area (Å²) in [5.41, 5.74) is 3.07. The smallest absolute Gasteiger partial charge is 0.268 e. The number of likely N-dealkylation sites (N-methyl/N-ethyl adjacent to an activating group) is 1. The van der Waals surface area contributed by atoms with Crippen molar-refractivity contribution in [2.24, 2.45) is 0 Å². The normalized spacial score (nSPS) is 12.4. The fourth-order valence-corrected chi connectivity index (χ4v) is 3.95. The molecule has 2 heterocycles. The van der Waals surface area contributed by atoms with Crippen molar-refractivity contribution in [2.75, 3.05) is 20.6 Å². The molecule has 0 spiro atoms. The lowest BCUT2D eigenvalue weighted by atomic mass is 10.2. The Hall–Kier alpha value is -2.19. The van der Waals surface area contributed by atoms with E-state index in [0.717, 1.165) is 26.8 Å². The molecule has 6 nitrogen and oxygen atoms in total. The number of nitrogens with one attached hydrogen (secondary N) is 2. The number of benzene rings is 1. The number of aromatic amines is 1. The monoisotopic (exact) mass is 418 g/mol. The number of rotatable bonds is 7. The minimum Gasteiger partial charge on any atom is -0.391 e. The van der Waals surface area contributed by atoms with Crippen LogP contribution in [0.25, 0.3) is 11.3 Å². The zero-order valence-corrected chi connectivity index (χ0v) is 17.6. The van der Waals surface area contributed by atoms with E-state index in [-0.39, 0.29) is 18.6 Å². The van der Waals surface area contributed by atoms with Crippen LogP contribution in [0, 0.1) is 6.92 Å². The van der Waals surface area contributed by atoms with Crippen LogP contribution in [0.1, 0.15) is 32.1 Å². The van der Waals surface area contributed by atoms with E-state index in [2.05, 4.69) is 15.3 Å². The molecule has 3 aromatic rings. The number of aryl methyl sites for hydroxylation is 1. The van der Waals surface area contributed by atoms with Crippen molar-refractivity contribution in [3.8, 4) is 11.3 Å². The number of nitrogens with zero attached hydrogens (tertiary/aromatic N) is 2. The maximum absolute atomic E-state index is 12.8. The third kappa shape index (κ3) is 4.80. The molecule has 8 heteroatoms. The number of H-pyrrole nitrogens is 1. The molecule has 0 bridgehead atoms. The molecule has 148 valence electrons. The largest absolute Gasteiger partial charge is 0.391 e. The summed E-state index contributed by atoms with van der Waals surface area (Å²) in [5.74, 6) is -0.203. The highest BCUT2D eigenvalue weighted by atomic mass is 35.5. The molecule has 0 radical (unpaired) electrons. The second-order valence-corrected chi connectivity index (χ2v) is 8.35. The van der Waals surface area contributed by atoms with Crippen LogP contribution in [0.5, 0.6) is 0 Å². The van der Waals surface area contributed by atoms with Crippen LogP contribution < -0.4 is 5.32 Å². The summed E-state index contributed by atoms with van der Waals surface area (Å²) in [6.45, 7) is 2.42. The average molecular weight is 419 g/mol. The molecule has 28 heavy (non-hydrogen) atoms. The Morgan fingerprint density at radius 2 is 2.00 bits per heavy atom. The number of carbonyl (C=O) groups is 1. The molecule has 2 aromatic heterocycles. The van der Waals surface area contributed by atoms with E-state index in [4.69, 9.17) is 11.6 Å². The van der Waals surface area contributed by atoms with Gasteiger partial charge in [-0.15, -0.1) is 11.3 Å². The van der Waals surface area contributed by atoms with Gasteiger partial charge in [0.15, 0.2) is 0 Å². The number of amides is 1. The maximum atomic E-state index is 12.8. The van der Waals surface area contributed by atoms with Crippen LogP contribution in [0.2, 0.25) is 5.02 Å². The molecule has 0 saturated carbocycles. The van der Waals surface area contributed by atoms with Gasteiger partial charge in [0.1, 0.15) is 10.7 Å². The van der Waals surface area contributed by atoms with Crippen LogP contribution in [0.4, 0.5) is 0 Å². The summed E-state index contributed by atoms with van der Waals surface area (Å²) in [6.07, 6.45) is 0. The van der Waals surface area contributed by atoms with E-state index in [1.54, 1.807) is 6.07 Å². The zero-order chi connectivity index (χ0) is 20.3. The SMILES string of the molecule is Cc1nc(C(CN(C)C)NC(=O)c2ccc(-c3ccc(Cl)cc3)[nH]2)sc1CO. The Morgan fingerprint density at radius 1 is 1.29 bits per heavy atom. The highest BCUT2D eigenvalue weighted by Crippen LogP contribution is 2.25. The number of carbonyl (C=O) groups excluding carboxylic acids is 1. The lowest BCUT2D eigenvalue weighted by molar-refractivity contribution is 0.0925. The second kappa shape index (κ2) is 8.87. The summed E-state index contributed by atoms with van der Waals surface area (Å²) in [7, 11) is 3.89. The molecule has 1 atom stereocenters. The number of aliphatic hydroxyl groups excluding tert-OH is 1. The molecule has 0 aliphatic heterocycles. The lowest BCUT2D eigenvalue weighted by Gasteiger charge is -2.20. The summed E-state index contributed by atoms with van der Waals surface area (Å²) in [4.78, 5) is 23.3. The predicted molar refractivity (Wildman–Crippen MR) is 113 cm³/mol. The molecular formula is C20H23ClN4O2S. The Morgan fingerprint density at radius 3 is 2.61 bits per heavy atom. The van der Waals surface area contributed by atoms with Gasteiger partial charge < -0.3 is 20.3 Å². The van der Waals surface area contributed by atoms with E-state index < -0.39 is 0 Å². The van der Waals surface area contributed by atoms with Gasteiger partial charge in [0.05, 0.1) is 23.2 Å². The molecule has 3 N–H and O–H groups in total. The first-order valence-corrected chi connectivity index (χ1v) is 10.0. The van der Waals surface area contributed by atoms with E-state index in [9.17, 15) is 9.90 Å². The number of aliphatic hydroxyl groups is 1. The van der Waals surface area contributed by atoms with Gasteiger partial charge >= 0.3 is 0 Å². The number of hydrogen-bond acceptors (Lipinski definition) is 5. The van der Waals surface area contributed by atoms with Gasteiger partial charge in [-0.25, -0.2) is 4.98 Å². The topological polar surface area (TPSA) is 81.2 Å². The van der Waals surface area contributed by atoms with Gasteiger partial charge in [-0.05, 0) is 50.8 Å². The zero-order valence-electron chi connectivity index (χ0n) is 16.0. The molecule has 0 aliphatic carbocycles. The Balaban J connectivity index is 1.79. The first kappa shape index (κ1) is 20.5.